The van der Waals surface area contributed by atoms with Crippen LogP contribution in [0.2, 0.25) is 0 Å². The van der Waals surface area contributed by atoms with Crippen molar-refractivity contribution in [2.24, 2.45) is 0 Å². The maximum Gasteiger partial charge on any atom is 0.240 e. The van der Waals surface area contributed by atoms with Crippen molar-refractivity contribution >= 4 is 10.0 Å². The van der Waals surface area contributed by atoms with E-state index in [0.717, 1.165) is 31.4 Å². The molecule has 5 heteroatoms. The van der Waals surface area contributed by atoms with E-state index >= 15 is 0 Å². The first kappa shape index (κ1) is 16.1. The van der Waals surface area contributed by atoms with Gasteiger partial charge in [0.05, 0.1) is 4.90 Å². The van der Waals surface area contributed by atoms with E-state index < -0.39 is 10.0 Å². The van der Waals surface area contributed by atoms with Gasteiger partial charge in [-0.25, -0.2) is 13.1 Å². The zero-order valence-electron chi connectivity index (χ0n) is 11.8. The number of hydrogen-bond donors (Lipinski definition) is 2. The van der Waals surface area contributed by atoms with Gasteiger partial charge in [0.2, 0.25) is 10.0 Å². The highest BCUT2D eigenvalue weighted by Crippen LogP contribution is 2.11. The van der Waals surface area contributed by atoms with Crippen LogP contribution in [0, 0.1) is 0 Å². The van der Waals surface area contributed by atoms with Crippen LogP contribution in [0.3, 0.4) is 0 Å². The predicted molar refractivity (Wildman–Crippen MR) is 78.5 cm³/mol. The molecule has 0 unspecified atom stereocenters. The first-order chi connectivity index (χ1) is 9.10. The van der Waals surface area contributed by atoms with Gasteiger partial charge >= 0.3 is 0 Å². The molecule has 108 valence electrons. The molecule has 0 radical (unpaired) electrons. The van der Waals surface area contributed by atoms with Crippen LogP contribution >= 0.6 is 0 Å². The number of rotatable bonds is 9. The van der Waals surface area contributed by atoms with Gasteiger partial charge in [0.25, 0.3) is 0 Å². The summed E-state index contributed by atoms with van der Waals surface area (Å²) in [7, 11) is -3.36. The molecule has 0 atom stereocenters. The number of sulfonamides is 1. The van der Waals surface area contributed by atoms with E-state index in [4.69, 9.17) is 0 Å². The fourth-order valence-electron chi connectivity index (χ4n) is 1.70. The molecule has 1 aromatic rings. The Bertz CT molecular complexity index is 472. The molecule has 4 nitrogen and oxygen atoms in total. The van der Waals surface area contributed by atoms with Crippen LogP contribution in [0.1, 0.15) is 38.7 Å². The topological polar surface area (TPSA) is 58.2 Å². The van der Waals surface area contributed by atoms with E-state index in [-0.39, 0.29) is 0 Å². The highest BCUT2D eigenvalue weighted by molar-refractivity contribution is 7.89. The predicted octanol–water partition coefficient (Wildman–Crippen LogP) is 2.26. The molecule has 0 bridgehead atoms. The van der Waals surface area contributed by atoms with E-state index in [1.807, 2.05) is 13.0 Å². The third kappa shape index (κ3) is 5.72. The largest absolute Gasteiger partial charge is 0.313 e. The second-order valence-corrected chi connectivity index (χ2v) is 6.34. The Morgan fingerprint density at radius 3 is 2.58 bits per heavy atom. The summed E-state index contributed by atoms with van der Waals surface area (Å²) in [4.78, 5) is 0.347. The second-order valence-electron chi connectivity index (χ2n) is 4.58. The van der Waals surface area contributed by atoms with E-state index in [9.17, 15) is 8.42 Å². The van der Waals surface area contributed by atoms with Gasteiger partial charge in [-0.3, -0.25) is 0 Å². The SMILES string of the molecule is CCCCNS(=O)(=O)c1cccc(CNCCC)c1. The van der Waals surface area contributed by atoms with Crippen molar-refractivity contribution in [3.8, 4) is 0 Å². The maximum atomic E-state index is 12.1. The summed E-state index contributed by atoms with van der Waals surface area (Å²) in [5, 5.41) is 3.27. The van der Waals surface area contributed by atoms with Crippen molar-refractivity contribution in [1.29, 1.82) is 0 Å². The minimum Gasteiger partial charge on any atom is -0.313 e. The number of benzene rings is 1. The number of hydrogen-bond acceptors (Lipinski definition) is 3. The van der Waals surface area contributed by atoms with Gasteiger partial charge < -0.3 is 5.32 Å². The summed E-state index contributed by atoms with van der Waals surface area (Å²) < 4.78 is 26.7. The van der Waals surface area contributed by atoms with E-state index in [2.05, 4.69) is 17.0 Å². The Balaban J connectivity index is 2.69. The van der Waals surface area contributed by atoms with Crippen molar-refractivity contribution in [2.75, 3.05) is 13.1 Å². The number of nitrogens with one attached hydrogen (secondary N) is 2. The molecule has 0 aliphatic heterocycles. The van der Waals surface area contributed by atoms with E-state index in [1.165, 1.54) is 0 Å². The summed E-state index contributed by atoms with van der Waals surface area (Å²) in [5.74, 6) is 0. The highest BCUT2D eigenvalue weighted by Gasteiger charge is 2.13. The average Bonchev–Trinajstić information content (AvgIpc) is 2.40. The maximum absolute atomic E-state index is 12.1. The van der Waals surface area contributed by atoms with Crippen molar-refractivity contribution in [3.05, 3.63) is 29.8 Å². The third-order valence-corrected chi connectivity index (χ3v) is 4.25. The Labute approximate surface area is 116 Å². The van der Waals surface area contributed by atoms with Crippen molar-refractivity contribution in [1.82, 2.24) is 10.0 Å². The molecule has 1 aromatic carbocycles. The summed E-state index contributed by atoms with van der Waals surface area (Å²) in [6.07, 6.45) is 2.90. The van der Waals surface area contributed by atoms with Crippen molar-refractivity contribution in [3.63, 3.8) is 0 Å². The van der Waals surface area contributed by atoms with Gasteiger partial charge in [-0.15, -0.1) is 0 Å². The number of unbranched alkanes of at least 4 members (excludes halogenated alkanes) is 1. The Morgan fingerprint density at radius 2 is 1.89 bits per heavy atom. The lowest BCUT2D eigenvalue weighted by atomic mass is 10.2. The molecule has 0 aromatic heterocycles. The van der Waals surface area contributed by atoms with Gasteiger partial charge in [0.1, 0.15) is 0 Å². The molecule has 1 rings (SSSR count). The van der Waals surface area contributed by atoms with Crippen LogP contribution in [0.15, 0.2) is 29.2 Å². The monoisotopic (exact) mass is 284 g/mol. The van der Waals surface area contributed by atoms with Crippen LogP contribution < -0.4 is 10.0 Å². The molecule has 19 heavy (non-hydrogen) atoms. The molecule has 0 amide bonds. The molecule has 2 N–H and O–H groups in total. The van der Waals surface area contributed by atoms with Gasteiger partial charge in [0.15, 0.2) is 0 Å². The summed E-state index contributed by atoms with van der Waals surface area (Å²) in [5.41, 5.74) is 0.992. The Hall–Kier alpha value is -0.910. The molecule has 0 saturated carbocycles. The zero-order chi connectivity index (χ0) is 14.1. The second kappa shape index (κ2) is 8.30. The van der Waals surface area contributed by atoms with Crippen LogP contribution in [-0.4, -0.2) is 21.5 Å². The van der Waals surface area contributed by atoms with Gasteiger partial charge in [-0.05, 0) is 37.1 Å². The lowest BCUT2D eigenvalue weighted by molar-refractivity contribution is 0.578. The fourth-order valence-corrected chi connectivity index (χ4v) is 2.84. The molecule has 0 heterocycles. The fraction of sp³-hybridized carbons (Fsp3) is 0.571. The van der Waals surface area contributed by atoms with Gasteiger partial charge in [0, 0.05) is 13.1 Å². The molecule has 0 spiro atoms. The lowest BCUT2D eigenvalue weighted by Gasteiger charge is -2.08. The molecule has 0 saturated heterocycles. The van der Waals surface area contributed by atoms with Crippen LogP contribution in [0.5, 0.6) is 0 Å². The lowest BCUT2D eigenvalue weighted by Crippen LogP contribution is -2.25. The molecular formula is C14H24N2O2S. The highest BCUT2D eigenvalue weighted by atomic mass is 32.2. The molecule has 0 aliphatic carbocycles. The van der Waals surface area contributed by atoms with Crippen LogP contribution in [0.25, 0.3) is 0 Å². The summed E-state index contributed by atoms with van der Waals surface area (Å²) >= 11 is 0. The minimum atomic E-state index is -3.36. The van der Waals surface area contributed by atoms with E-state index in [1.54, 1.807) is 18.2 Å². The smallest absolute Gasteiger partial charge is 0.240 e. The summed E-state index contributed by atoms with van der Waals surface area (Å²) in [6.45, 7) is 6.27. The minimum absolute atomic E-state index is 0.347. The molecule has 0 aliphatic rings. The van der Waals surface area contributed by atoms with Crippen molar-refractivity contribution in [2.45, 2.75) is 44.6 Å². The normalized spacial score (nSPS) is 11.7. The van der Waals surface area contributed by atoms with E-state index in [0.29, 0.717) is 18.0 Å². The molecular weight excluding hydrogens is 260 g/mol. The first-order valence-corrected chi connectivity index (χ1v) is 8.37. The molecule has 0 fully saturated rings. The van der Waals surface area contributed by atoms with Crippen LogP contribution in [-0.2, 0) is 16.6 Å². The van der Waals surface area contributed by atoms with Crippen LogP contribution in [0.4, 0.5) is 0 Å². The Kier molecular flexibility index (Phi) is 7.05. The first-order valence-electron chi connectivity index (χ1n) is 6.89. The Morgan fingerprint density at radius 1 is 1.11 bits per heavy atom. The van der Waals surface area contributed by atoms with Crippen molar-refractivity contribution < 1.29 is 8.42 Å². The third-order valence-electron chi connectivity index (χ3n) is 2.79. The standard InChI is InChI=1S/C14H24N2O2S/c1-3-5-10-16-19(17,18)14-8-6-7-13(11-14)12-15-9-4-2/h6-8,11,15-16H,3-5,9-10,12H2,1-2H3. The zero-order valence-corrected chi connectivity index (χ0v) is 12.6. The quantitative estimate of drug-likeness (QED) is 0.684. The van der Waals surface area contributed by atoms with Gasteiger partial charge in [-0.2, -0.15) is 0 Å². The summed E-state index contributed by atoms with van der Waals surface area (Å²) in [6, 6.07) is 7.10. The average molecular weight is 284 g/mol. The van der Waals surface area contributed by atoms with Gasteiger partial charge in [-0.1, -0.05) is 32.4 Å².